The fourth-order valence-corrected chi connectivity index (χ4v) is 6.49. The maximum atomic E-state index is 14.1. The number of hydrogen-bond acceptors (Lipinski definition) is 8. The molecule has 204 valence electrons. The number of fused-ring (bicyclic) bond motifs is 2. The first-order chi connectivity index (χ1) is 18.5. The molecule has 0 fully saturated rings. The van der Waals surface area contributed by atoms with E-state index in [9.17, 15) is 16.8 Å². The average molecular weight is 570 g/mol. The first kappa shape index (κ1) is 26.6. The first-order valence-corrected chi connectivity index (χ1v) is 15.0. The lowest BCUT2D eigenvalue weighted by atomic mass is 10.1. The number of aromatic nitrogens is 3. The van der Waals surface area contributed by atoms with Crippen LogP contribution in [0.15, 0.2) is 65.8 Å². The quantitative estimate of drug-likeness (QED) is 0.251. The molecule has 0 unspecified atom stereocenters. The van der Waals surface area contributed by atoms with Crippen LogP contribution in [0.1, 0.15) is 12.5 Å². The lowest BCUT2D eigenvalue weighted by Crippen LogP contribution is -2.15. The van der Waals surface area contributed by atoms with Gasteiger partial charge in [0.2, 0.25) is 0 Å². The number of ether oxygens (including phenoxy) is 2. The molecule has 3 heterocycles. The minimum Gasteiger partial charge on any atom is -0.493 e. The van der Waals surface area contributed by atoms with Gasteiger partial charge in [0.1, 0.15) is 0 Å². The third kappa shape index (κ3) is 4.49. The average Bonchev–Trinajstić information content (AvgIpc) is 3.46. The van der Waals surface area contributed by atoms with Gasteiger partial charge >= 0.3 is 10.1 Å². The lowest BCUT2D eigenvalue weighted by Gasteiger charge is -2.12. The summed E-state index contributed by atoms with van der Waals surface area (Å²) in [6.07, 6.45) is 3.12. The highest BCUT2D eigenvalue weighted by Crippen LogP contribution is 2.42. The van der Waals surface area contributed by atoms with Crippen LogP contribution < -0.4 is 13.7 Å². The fourth-order valence-electron chi connectivity index (χ4n) is 4.48. The monoisotopic (exact) mass is 569 g/mol. The Morgan fingerprint density at radius 3 is 2.18 bits per heavy atom. The zero-order valence-electron chi connectivity index (χ0n) is 22.0. The zero-order valence-corrected chi connectivity index (χ0v) is 23.6. The Hall–Kier alpha value is -4.03. The number of nitrogens with zero attached hydrogens (tertiary/aromatic N) is 3. The van der Waals surface area contributed by atoms with Crippen molar-refractivity contribution >= 4 is 42.1 Å². The molecule has 0 aliphatic rings. The highest BCUT2D eigenvalue weighted by molar-refractivity contribution is 7.90. The van der Waals surface area contributed by atoms with Gasteiger partial charge in [0.05, 0.1) is 41.5 Å². The number of pyridine rings is 1. The van der Waals surface area contributed by atoms with Gasteiger partial charge in [0.15, 0.2) is 22.9 Å². The predicted molar refractivity (Wildman–Crippen MR) is 149 cm³/mol. The number of benzene rings is 2. The maximum Gasteiger partial charge on any atom is 0.308 e. The summed E-state index contributed by atoms with van der Waals surface area (Å²) in [5.41, 5.74) is 2.55. The second-order valence-electron chi connectivity index (χ2n) is 8.97. The summed E-state index contributed by atoms with van der Waals surface area (Å²) in [5, 5.41) is 0.930. The van der Waals surface area contributed by atoms with Gasteiger partial charge in [-0.25, -0.2) is 17.4 Å². The minimum atomic E-state index is -4.19. The number of rotatable bonds is 8. The third-order valence-corrected chi connectivity index (χ3v) is 9.38. The summed E-state index contributed by atoms with van der Waals surface area (Å²) in [7, 11) is -3.19. The van der Waals surface area contributed by atoms with Crippen LogP contribution >= 0.6 is 0 Å². The van der Waals surface area contributed by atoms with Gasteiger partial charge in [-0.2, -0.15) is 8.42 Å². The highest BCUT2D eigenvalue weighted by atomic mass is 32.2. The van der Waals surface area contributed by atoms with Gasteiger partial charge in [0, 0.05) is 42.5 Å². The van der Waals surface area contributed by atoms with Gasteiger partial charge in [-0.15, -0.1) is 0 Å². The van der Waals surface area contributed by atoms with Gasteiger partial charge < -0.3 is 18.2 Å². The molecule has 0 amide bonds. The van der Waals surface area contributed by atoms with Crippen molar-refractivity contribution in [2.24, 2.45) is 7.05 Å². The van der Waals surface area contributed by atoms with E-state index in [2.05, 4.69) is 4.98 Å². The van der Waals surface area contributed by atoms with Crippen LogP contribution in [0.2, 0.25) is 0 Å². The van der Waals surface area contributed by atoms with E-state index < -0.39 is 20.1 Å². The van der Waals surface area contributed by atoms with Crippen molar-refractivity contribution in [2.75, 3.05) is 20.0 Å². The van der Waals surface area contributed by atoms with E-state index in [0.717, 1.165) is 15.1 Å². The summed E-state index contributed by atoms with van der Waals surface area (Å²) in [5.74, 6) is 0.725. The van der Waals surface area contributed by atoms with Crippen LogP contribution in [0, 0.1) is 6.92 Å². The Morgan fingerprint density at radius 1 is 0.872 bits per heavy atom. The normalized spacial score (nSPS) is 12.2. The summed E-state index contributed by atoms with van der Waals surface area (Å²) < 4.78 is 72.3. The van der Waals surface area contributed by atoms with Crippen molar-refractivity contribution in [1.82, 2.24) is 13.5 Å². The van der Waals surface area contributed by atoms with Crippen LogP contribution in [0.3, 0.4) is 0 Å². The lowest BCUT2D eigenvalue weighted by molar-refractivity contribution is 0.355. The third-order valence-electron chi connectivity index (χ3n) is 6.52. The Kier molecular flexibility index (Phi) is 6.55. The van der Waals surface area contributed by atoms with Crippen LogP contribution in [-0.2, 0) is 27.2 Å². The molecule has 0 aliphatic heterocycles. The van der Waals surface area contributed by atoms with Crippen LogP contribution in [0.4, 0.5) is 0 Å². The molecule has 0 spiro atoms. The smallest absolute Gasteiger partial charge is 0.308 e. The van der Waals surface area contributed by atoms with E-state index >= 15 is 0 Å². The molecule has 0 saturated carbocycles. The molecule has 5 rings (SSSR count). The summed E-state index contributed by atoms with van der Waals surface area (Å²) >= 11 is 0. The van der Waals surface area contributed by atoms with E-state index in [4.69, 9.17) is 13.7 Å². The summed E-state index contributed by atoms with van der Waals surface area (Å²) in [6.45, 7) is 3.33. The maximum absolute atomic E-state index is 14.1. The Bertz CT molecular complexity index is 1940. The molecule has 0 aliphatic carbocycles. The molecule has 12 heteroatoms. The predicted octanol–water partition coefficient (Wildman–Crippen LogP) is 4.49. The Morgan fingerprint density at radius 2 is 1.54 bits per heavy atom. The van der Waals surface area contributed by atoms with E-state index in [1.54, 1.807) is 36.5 Å². The molecule has 2 aromatic carbocycles. The second-order valence-corrected chi connectivity index (χ2v) is 12.6. The standard InChI is InChI=1S/C27H27N3O7S2/c1-6-38(31,32)37-24-11-12-28-27-20(24)13-23(30(27)39(33,34)18-9-7-17(2)8-10-18)21-16-29(3)22-15-26(36-5)25(35-4)14-19(21)22/h7-16H,6H2,1-5H3. The minimum absolute atomic E-state index is 0.0135. The van der Waals surface area contributed by atoms with Gasteiger partial charge in [-0.1, -0.05) is 17.7 Å². The number of aryl methyl sites for hydroxylation is 2. The van der Waals surface area contributed by atoms with E-state index in [0.29, 0.717) is 22.4 Å². The molecule has 5 aromatic rings. The molecular weight excluding hydrogens is 542 g/mol. The molecule has 0 atom stereocenters. The van der Waals surface area contributed by atoms with Gasteiger partial charge in [-0.05, 0) is 38.1 Å². The summed E-state index contributed by atoms with van der Waals surface area (Å²) in [6, 6.07) is 13.0. The van der Waals surface area contributed by atoms with Crippen molar-refractivity contribution in [1.29, 1.82) is 0 Å². The van der Waals surface area contributed by atoms with E-state index in [1.807, 2.05) is 18.5 Å². The van der Waals surface area contributed by atoms with Crippen molar-refractivity contribution in [3.05, 3.63) is 66.5 Å². The Balaban J connectivity index is 1.89. The van der Waals surface area contributed by atoms with E-state index in [1.165, 1.54) is 45.5 Å². The van der Waals surface area contributed by atoms with E-state index in [-0.39, 0.29) is 33.1 Å². The van der Waals surface area contributed by atoms with Crippen LogP contribution in [0.5, 0.6) is 17.2 Å². The highest BCUT2D eigenvalue weighted by Gasteiger charge is 2.29. The number of hydrogen-bond donors (Lipinski definition) is 0. The molecule has 39 heavy (non-hydrogen) atoms. The molecule has 10 nitrogen and oxygen atoms in total. The summed E-state index contributed by atoms with van der Waals surface area (Å²) in [4.78, 5) is 4.41. The molecule has 0 radical (unpaired) electrons. The molecule has 3 aromatic heterocycles. The Labute approximate surface area is 226 Å². The fraction of sp³-hybridized carbons (Fsp3) is 0.222. The molecule has 0 N–H and O–H groups in total. The van der Waals surface area contributed by atoms with Crippen LogP contribution in [-0.4, -0.2) is 50.3 Å². The van der Waals surface area contributed by atoms with Crippen molar-refractivity contribution < 1.29 is 30.5 Å². The topological polar surface area (TPSA) is 119 Å². The second kappa shape index (κ2) is 9.62. The molecule has 0 saturated heterocycles. The van der Waals surface area contributed by atoms with Crippen molar-refractivity contribution in [2.45, 2.75) is 18.7 Å². The van der Waals surface area contributed by atoms with Gasteiger partial charge in [0.25, 0.3) is 10.0 Å². The number of methoxy groups -OCH3 is 2. The molecule has 0 bridgehead atoms. The first-order valence-electron chi connectivity index (χ1n) is 12.0. The molecular formula is C27H27N3O7S2. The van der Waals surface area contributed by atoms with Gasteiger partial charge in [-0.3, -0.25) is 0 Å². The zero-order chi connectivity index (χ0) is 28.1. The van der Waals surface area contributed by atoms with Crippen LogP contribution in [0.25, 0.3) is 33.2 Å². The largest absolute Gasteiger partial charge is 0.493 e. The van der Waals surface area contributed by atoms with Crippen molar-refractivity contribution in [3.8, 4) is 28.5 Å². The van der Waals surface area contributed by atoms with Crippen molar-refractivity contribution in [3.63, 3.8) is 0 Å². The SMILES string of the molecule is CCS(=O)(=O)Oc1ccnc2c1cc(-c1cn(C)c3cc(OC)c(OC)cc13)n2S(=O)(=O)c1ccc(C)cc1.